The van der Waals surface area contributed by atoms with Crippen LogP contribution in [0.25, 0.3) is 11.4 Å². The zero-order valence-corrected chi connectivity index (χ0v) is 14.8. The normalized spacial score (nSPS) is 16.5. The maximum Gasteiger partial charge on any atom is 0.143 e. The molecule has 26 heavy (non-hydrogen) atoms. The maximum atomic E-state index is 10.5. The van der Waals surface area contributed by atoms with Crippen molar-refractivity contribution in [2.45, 2.75) is 50.7 Å². The molecule has 1 N–H and O–H groups in total. The molecule has 0 bridgehead atoms. The summed E-state index contributed by atoms with van der Waals surface area (Å²) in [6.07, 6.45) is 13.1. The second-order valence-corrected chi connectivity index (χ2v) is 6.99. The average Bonchev–Trinajstić information content (AvgIpc) is 3.17. The summed E-state index contributed by atoms with van der Waals surface area (Å²) in [4.78, 5) is 13.7. The predicted molar refractivity (Wildman–Crippen MR) is 100 cm³/mol. The molecule has 1 aliphatic carbocycles. The van der Waals surface area contributed by atoms with E-state index in [-0.39, 0.29) is 0 Å². The first kappa shape index (κ1) is 16.9. The van der Waals surface area contributed by atoms with Crippen LogP contribution >= 0.6 is 0 Å². The van der Waals surface area contributed by atoms with E-state index >= 15 is 0 Å². The lowest BCUT2D eigenvalue weighted by Crippen LogP contribution is -2.10. The Kier molecular flexibility index (Phi) is 5.07. The largest absolute Gasteiger partial charge is 0.387 e. The summed E-state index contributed by atoms with van der Waals surface area (Å²) >= 11 is 0. The van der Waals surface area contributed by atoms with Crippen LogP contribution < -0.4 is 0 Å². The number of aliphatic hydroxyl groups is 1. The van der Waals surface area contributed by atoms with Gasteiger partial charge in [-0.1, -0.05) is 49.6 Å². The molecule has 1 saturated carbocycles. The lowest BCUT2D eigenvalue weighted by atomic mass is 9.89. The van der Waals surface area contributed by atoms with Crippen LogP contribution in [0.5, 0.6) is 0 Å². The Morgan fingerprint density at radius 2 is 1.73 bits per heavy atom. The van der Waals surface area contributed by atoms with Crippen molar-refractivity contribution in [3.05, 3.63) is 66.5 Å². The topological polar surface area (TPSA) is 63.8 Å². The van der Waals surface area contributed by atoms with E-state index < -0.39 is 6.10 Å². The molecule has 3 aromatic rings. The van der Waals surface area contributed by atoms with Gasteiger partial charge in [0.1, 0.15) is 11.6 Å². The molecule has 1 fully saturated rings. The van der Waals surface area contributed by atoms with Crippen LogP contribution in [0, 0.1) is 0 Å². The van der Waals surface area contributed by atoms with Crippen LogP contribution in [0.1, 0.15) is 55.5 Å². The van der Waals surface area contributed by atoms with E-state index in [0.29, 0.717) is 12.5 Å². The van der Waals surface area contributed by atoms with E-state index in [9.17, 15) is 5.11 Å². The molecule has 5 nitrogen and oxygen atoms in total. The molecule has 2 heterocycles. The average molecular weight is 348 g/mol. The van der Waals surface area contributed by atoms with Crippen LogP contribution in [-0.4, -0.2) is 24.6 Å². The SMILES string of the molecule is O[C@H](Cn1ccnc1-c1cnc(C2CCCCC2)nc1)c1ccccc1. The summed E-state index contributed by atoms with van der Waals surface area (Å²) in [6, 6.07) is 9.69. The standard InChI is InChI=1S/C21H24N4O/c26-19(16-7-3-1-4-8-16)15-25-12-11-22-21(25)18-13-23-20(24-14-18)17-9-5-2-6-10-17/h1,3-4,7-8,11-14,17,19,26H,2,5-6,9-10,15H2/t19-/m1/s1. The minimum absolute atomic E-state index is 0.448. The number of rotatable bonds is 5. The summed E-state index contributed by atoms with van der Waals surface area (Å²) in [5.74, 6) is 2.24. The van der Waals surface area contributed by atoms with Gasteiger partial charge < -0.3 is 9.67 Å². The van der Waals surface area contributed by atoms with Crippen molar-refractivity contribution in [3.8, 4) is 11.4 Å². The van der Waals surface area contributed by atoms with Crippen molar-refractivity contribution in [2.75, 3.05) is 0 Å². The van der Waals surface area contributed by atoms with Gasteiger partial charge in [0.25, 0.3) is 0 Å². The first-order chi connectivity index (χ1) is 12.8. The lowest BCUT2D eigenvalue weighted by molar-refractivity contribution is 0.157. The van der Waals surface area contributed by atoms with Crippen LogP contribution in [-0.2, 0) is 6.54 Å². The van der Waals surface area contributed by atoms with E-state index in [2.05, 4.69) is 15.0 Å². The second-order valence-electron chi connectivity index (χ2n) is 6.99. The van der Waals surface area contributed by atoms with Gasteiger partial charge in [0.05, 0.1) is 18.2 Å². The van der Waals surface area contributed by atoms with Gasteiger partial charge in [-0.3, -0.25) is 0 Å². The molecule has 0 aliphatic heterocycles. The highest BCUT2D eigenvalue weighted by Crippen LogP contribution is 2.31. The van der Waals surface area contributed by atoms with Crippen LogP contribution in [0.2, 0.25) is 0 Å². The van der Waals surface area contributed by atoms with Gasteiger partial charge in [0.15, 0.2) is 0 Å². The summed E-state index contributed by atoms with van der Waals surface area (Å²) in [6.45, 7) is 0.448. The Hall–Kier alpha value is -2.53. The Balaban J connectivity index is 1.51. The molecular formula is C21H24N4O. The van der Waals surface area contributed by atoms with Gasteiger partial charge >= 0.3 is 0 Å². The number of aromatic nitrogens is 4. The molecule has 1 aromatic carbocycles. The van der Waals surface area contributed by atoms with Gasteiger partial charge in [-0.25, -0.2) is 15.0 Å². The van der Waals surface area contributed by atoms with Gasteiger partial charge in [-0.05, 0) is 18.4 Å². The van der Waals surface area contributed by atoms with Crippen molar-refractivity contribution in [3.63, 3.8) is 0 Å². The van der Waals surface area contributed by atoms with Gasteiger partial charge in [0.2, 0.25) is 0 Å². The zero-order valence-electron chi connectivity index (χ0n) is 14.8. The number of aliphatic hydroxyl groups excluding tert-OH is 1. The monoisotopic (exact) mass is 348 g/mol. The van der Waals surface area contributed by atoms with Crippen molar-refractivity contribution >= 4 is 0 Å². The van der Waals surface area contributed by atoms with Crippen molar-refractivity contribution in [2.24, 2.45) is 0 Å². The number of benzene rings is 1. The number of hydrogen-bond donors (Lipinski definition) is 1. The highest BCUT2D eigenvalue weighted by atomic mass is 16.3. The van der Waals surface area contributed by atoms with Crippen LogP contribution in [0.4, 0.5) is 0 Å². The van der Waals surface area contributed by atoms with Gasteiger partial charge in [-0.15, -0.1) is 0 Å². The third-order valence-corrected chi connectivity index (χ3v) is 5.17. The van der Waals surface area contributed by atoms with Crippen molar-refractivity contribution in [1.29, 1.82) is 0 Å². The van der Waals surface area contributed by atoms with E-state index in [1.54, 1.807) is 6.20 Å². The number of nitrogens with zero attached hydrogens (tertiary/aromatic N) is 4. The molecule has 0 spiro atoms. The second kappa shape index (κ2) is 7.79. The quantitative estimate of drug-likeness (QED) is 0.753. The Morgan fingerprint density at radius 3 is 2.46 bits per heavy atom. The Bertz CT molecular complexity index is 823. The zero-order chi connectivity index (χ0) is 17.8. The third kappa shape index (κ3) is 3.68. The fraction of sp³-hybridized carbons (Fsp3) is 0.381. The highest BCUT2D eigenvalue weighted by Gasteiger charge is 2.19. The molecule has 0 unspecified atom stereocenters. The van der Waals surface area contributed by atoms with E-state index in [0.717, 1.165) is 22.8 Å². The van der Waals surface area contributed by atoms with Gasteiger partial charge in [0, 0.05) is 30.7 Å². The summed E-state index contributed by atoms with van der Waals surface area (Å²) in [5, 5.41) is 10.5. The molecule has 5 heteroatoms. The molecule has 1 atom stereocenters. The molecule has 134 valence electrons. The molecule has 2 aromatic heterocycles. The molecule has 0 radical (unpaired) electrons. The molecular weight excluding hydrogens is 324 g/mol. The number of imidazole rings is 1. The Morgan fingerprint density at radius 1 is 1.00 bits per heavy atom. The number of hydrogen-bond acceptors (Lipinski definition) is 4. The fourth-order valence-corrected chi connectivity index (χ4v) is 3.71. The summed E-state index contributed by atoms with van der Waals surface area (Å²) in [5.41, 5.74) is 1.78. The Labute approximate surface area is 153 Å². The molecule has 4 rings (SSSR count). The summed E-state index contributed by atoms with van der Waals surface area (Å²) < 4.78 is 1.96. The predicted octanol–water partition coefficient (Wildman–Crippen LogP) is 4.12. The van der Waals surface area contributed by atoms with E-state index in [1.807, 2.05) is 53.5 Å². The van der Waals surface area contributed by atoms with E-state index in [1.165, 1.54) is 32.1 Å². The van der Waals surface area contributed by atoms with E-state index in [4.69, 9.17) is 0 Å². The van der Waals surface area contributed by atoms with Gasteiger partial charge in [-0.2, -0.15) is 0 Å². The molecule has 1 aliphatic rings. The molecule has 0 saturated heterocycles. The third-order valence-electron chi connectivity index (χ3n) is 5.17. The first-order valence-corrected chi connectivity index (χ1v) is 9.38. The van der Waals surface area contributed by atoms with Crippen LogP contribution in [0.15, 0.2) is 55.1 Å². The minimum Gasteiger partial charge on any atom is -0.387 e. The van der Waals surface area contributed by atoms with Crippen molar-refractivity contribution in [1.82, 2.24) is 19.5 Å². The first-order valence-electron chi connectivity index (χ1n) is 9.38. The highest BCUT2D eigenvalue weighted by molar-refractivity contribution is 5.52. The smallest absolute Gasteiger partial charge is 0.143 e. The molecule has 0 amide bonds. The fourth-order valence-electron chi connectivity index (χ4n) is 3.71. The van der Waals surface area contributed by atoms with Crippen molar-refractivity contribution < 1.29 is 5.11 Å². The lowest BCUT2D eigenvalue weighted by Gasteiger charge is -2.20. The minimum atomic E-state index is -0.577. The maximum absolute atomic E-state index is 10.5. The van der Waals surface area contributed by atoms with Crippen LogP contribution in [0.3, 0.4) is 0 Å². The summed E-state index contributed by atoms with van der Waals surface area (Å²) in [7, 11) is 0.